The second-order valence-electron chi connectivity index (χ2n) is 8.17. The summed E-state index contributed by atoms with van der Waals surface area (Å²) in [5, 5.41) is 6.93. The Morgan fingerprint density at radius 1 is 1.03 bits per heavy atom. The van der Waals surface area contributed by atoms with Gasteiger partial charge in [-0.15, -0.1) is 0 Å². The lowest BCUT2D eigenvalue weighted by Gasteiger charge is -2.26. The number of fused-ring (bicyclic) bond motifs is 3. The maximum atomic E-state index is 12.5. The van der Waals surface area contributed by atoms with E-state index in [9.17, 15) is 4.79 Å². The monoisotopic (exact) mass is 396 g/mol. The Bertz CT molecular complexity index is 1320. The molecule has 1 aromatic heterocycles. The highest BCUT2D eigenvalue weighted by atomic mass is 16.7. The quantitative estimate of drug-likeness (QED) is 0.314. The van der Waals surface area contributed by atoms with Gasteiger partial charge in [-0.3, -0.25) is 0 Å². The third kappa shape index (κ3) is 2.91. The van der Waals surface area contributed by atoms with Gasteiger partial charge in [-0.05, 0) is 62.2 Å². The van der Waals surface area contributed by atoms with Gasteiger partial charge in [0.15, 0.2) is 0 Å². The Morgan fingerprint density at radius 3 is 2.57 bits per heavy atom. The number of hydrogen-bond donors (Lipinski definition) is 0. The standard InChI is InChI=1S/C26H24N2O2/c1-4-18-15-28-23-11-10-16(2)12-20(23)21-13-17(3)14-22(25(21)28)24(18)27-30-26(29)19-8-6-5-7-9-19/h5-14,18H,4,15H2,1-3H3/b27-24+. The van der Waals surface area contributed by atoms with Crippen molar-refractivity contribution in [3.63, 3.8) is 0 Å². The molecule has 1 aliphatic rings. The molecule has 0 spiro atoms. The van der Waals surface area contributed by atoms with Crippen molar-refractivity contribution in [2.75, 3.05) is 0 Å². The van der Waals surface area contributed by atoms with Crippen molar-refractivity contribution in [3.05, 3.63) is 82.9 Å². The normalized spacial score (nSPS) is 17.0. The van der Waals surface area contributed by atoms with Gasteiger partial charge in [0.2, 0.25) is 0 Å². The smallest absolute Gasteiger partial charge is 0.339 e. The van der Waals surface area contributed by atoms with Crippen molar-refractivity contribution < 1.29 is 9.63 Å². The van der Waals surface area contributed by atoms with Crippen LogP contribution in [0.15, 0.2) is 65.8 Å². The van der Waals surface area contributed by atoms with E-state index in [0.29, 0.717) is 5.56 Å². The van der Waals surface area contributed by atoms with Crippen LogP contribution in [0.1, 0.15) is 40.4 Å². The molecule has 1 atom stereocenters. The van der Waals surface area contributed by atoms with E-state index in [0.717, 1.165) is 24.2 Å². The molecular formula is C26H24N2O2. The lowest BCUT2D eigenvalue weighted by atomic mass is 9.89. The Hall–Kier alpha value is -3.40. The third-order valence-corrected chi connectivity index (χ3v) is 6.05. The molecule has 5 rings (SSSR count). The van der Waals surface area contributed by atoms with Crippen molar-refractivity contribution in [1.82, 2.24) is 4.57 Å². The molecule has 0 radical (unpaired) electrons. The molecule has 3 aromatic carbocycles. The number of nitrogens with zero attached hydrogens (tertiary/aromatic N) is 2. The lowest BCUT2D eigenvalue weighted by Crippen LogP contribution is -2.27. The highest BCUT2D eigenvalue weighted by Gasteiger charge is 2.29. The zero-order chi connectivity index (χ0) is 20.8. The maximum Gasteiger partial charge on any atom is 0.365 e. The molecule has 1 unspecified atom stereocenters. The average molecular weight is 396 g/mol. The van der Waals surface area contributed by atoms with Crippen LogP contribution in [-0.4, -0.2) is 16.2 Å². The van der Waals surface area contributed by atoms with Crippen molar-refractivity contribution in [1.29, 1.82) is 0 Å². The van der Waals surface area contributed by atoms with E-state index in [4.69, 9.17) is 4.84 Å². The van der Waals surface area contributed by atoms with Gasteiger partial charge in [0.25, 0.3) is 0 Å². The SMILES string of the molecule is CCC1Cn2c3ccc(C)cc3c3cc(C)cc(c32)/C1=N/OC(=O)c1ccccc1. The minimum Gasteiger partial charge on any atom is -0.339 e. The molecule has 0 saturated carbocycles. The van der Waals surface area contributed by atoms with E-state index >= 15 is 0 Å². The molecule has 0 fully saturated rings. The predicted octanol–water partition coefficient (Wildman–Crippen LogP) is 6.01. The van der Waals surface area contributed by atoms with E-state index in [2.05, 4.69) is 60.8 Å². The number of oxime groups is 1. The number of benzene rings is 3. The summed E-state index contributed by atoms with van der Waals surface area (Å²) in [6, 6.07) is 20.1. The first-order chi connectivity index (χ1) is 14.6. The predicted molar refractivity (Wildman–Crippen MR) is 121 cm³/mol. The summed E-state index contributed by atoms with van der Waals surface area (Å²) in [5.41, 5.74) is 7.30. The van der Waals surface area contributed by atoms with Crippen molar-refractivity contribution in [3.8, 4) is 0 Å². The van der Waals surface area contributed by atoms with Crippen LogP contribution in [0.5, 0.6) is 0 Å². The fourth-order valence-electron chi connectivity index (χ4n) is 4.57. The summed E-state index contributed by atoms with van der Waals surface area (Å²) in [4.78, 5) is 17.9. The van der Waals surface area contributed by atoms with Crippen LogP contribution in [0.2, 0.25) is 0 Å². The molecule has 4 nitrogen and oxygen atoms in total. The highest BCUT2D eigenvalue weighted by molar-refractivity contribution is 6.19. The Labute approximate surface area is 175 Å². The first-order valence-electron chi connectivity index (χ1n) is 10.4. The van der Waals surface area contributed by atoms with Crippen LogP contribution in [0, 0.1) is 19.8 Å². The van der Waals surface area contributed by atoms with Gasteiger partial charge in [-0.2, -0.15) is 0 Å². The van der Waals surface area contributed by atoms with Gasteiger partial charge >= 0.3 is 5.97 Å². The molecule has 0 aliphatic carbocycles. The first kappa shape index (κ1) is 18.6. The van der Waals surface area contributed by atoms with E-state index < -0.39 is 5.97 Å². The second kappa shape index (κ2) is 7.13. The topological polar surface area (TPSA) is 43.6 Å². The van der Waals surface area contributed by atoms with Crippen LogP contribution in [0.25, 0.3) is 21.8 Å². The van der Waals surface area contributed by atoms with Gasteiger partial charge in [0, 0.05) is 34.3 Å². The fourth-order valence-corrected chi connectivity index (χ4v) is 4.57. The van der Waals surface area contributed by atoms with Crippen molar-refractivity contribution >= 4 is 33.5 Å². The minimum absolute atomic E-state index is 0.183. The van der Waals surface area contributed by atoms with Gasteiger partial charge in [0.1, 0.15) is 0 Å². The number of hydrogen-bond acceptors (Lipinski definition) is 3. The zero-order valence-electron chi connectivity index (χ0n) is 17.5. The van der Waals surface area contributed by atoms with Gasteiger partial charge in [-0.1, -0.05) is 41.9 Å². The molecule has 2 heterocycles. The molecule has 150 valence electrons. The molecule has 1 aliphatic heterocycles. The molecule has 30 heavy (non-hydrogen) atoms. The number of carbonyl (C=O) groups excluding carboxylic acids is 1. The van der Waals surface area contributed by atoms with Crippen LogP contribution in [0.3, 0.4) is 0 Å². The lowest BCUT2D eigenvalue weighted by molar-refractivity contribution is 0.0513. The van der Waals surface area contributed by atoms with Crippen LogP contribution in [-0.2, 0) is 11.4 Å². The zero-order valence-corrected chi connectivity index (χ0v) is 17.5. The van der Waals surface area contributed by atoms with E-state index in [-0.39, 0.29) is 5.92 Å². The Balaban J connectivity index is 1.69. The van der Waals surface area contributed by atoms with Gasteiger partial charge in [0.05, 0.1) is 16.8 Å². The molecular weight excluding hydrogens is 372 g/mol. The van der Waals surface area contributed by atoms with Crippen LogP contribution in [0.4, 0.5) is 0 Å². The minimum atomic E-state index is -0.427. The van der Waals surface area contributed by atoms with Crippen LogP contribution >= 0.6 is 0 Å². The number of aromatic nitrogens is 1. The molecule has 4 heteroatoms. The molecule has 0 saturated heterocycles. The van der Waals surface area contributed by atoms with Crippen molar-refractivity contribution in [2.24, 2.45) is 11.1 Å². The summed E-state index contributed by atoms with van der Waals surface area (Å²) in [6.45, 7) is 7.23. The van der Waals surface area contributed by atoms with E-state index in [1.54, 1.807) is 12.1 Å². The average Bonchev–Trinajstić information content (AvgIpc) is 3.06. The van der Waals surface area contributed by atoms with E-state index in [1.807, 2.05) is 18.2 Å². The fraction of sp³-hybridized carbons (Fsp3) is 0.231. The second-order valence-corrected chi connectivity index (χ2v) is 8.17. The first-order valence-corrected chi connectivity index (χ1v) is 10.4. The van der Waals surface area contributed by atoms with Gasteiger partial charge in [-0.25, -0.2) is 4.79 Å². The Kier molecular flexibility index (Phi) is 4.43. The summed E-state index contributed by atoms with van der Waals surface area (Å²) in [7, 11) is 0. The third-order valence-electron chi connectivity index (χ3n) is 6.05. The number of rotatable bonds is 3. The molecule has 0 amide bonds. The summed E-state index contributed by atoms with van der Waals surface area (Å²) in [5.74, 6) is -0.244. The summed E-state index contributed by atoms with van der Waals surface area (Å²) in [6.07, 6.45) is 0.919. The number of aryl methyl sites for hydroxylation is 2. The summed E-state index contributed by atoms with van der Waals surface area (Å²) < 4.78 is 2.41. The molecule has 0 bridgehead atoms. The number of carbonyl (C=O) groups is 1. The Morgan fingerprint density at radius 2 is 1.80 bits per heavy atom. The highest BCUT2D eigenvalue weighted by Crippen LogP contribution is 2.38. The molecule has 0 N–H and O–H groups in total. The summed E-state index contributed by atoms with van der Waals surface area (Å²) >= 11 is 0. The largest absolute Gasteiger partial charge is 0.365 e. The maximum absolute atomic E-state index is 12.5. The van der Waals surface area contributed by atoms with E-state index in [1.165, 1.54) is 32.9 Å². The van der Waals surface area contributed by atoms with Gasteiger partial charge < -0.3 is 9.40 Å². The van der Waals surface area contributed by atoms with Crippen LogP contribution < -0.4 is 0 Å². The molecule has 4 aromatic rings. The van der Waals surface area contributed by atoms with Crippen molar-refractivity contribution in [2.45, 2.75) is 33.7 Å².